The number of fused-ring (bicyclic) bond motifs is 1. The van der Waals surface area contributed by atoms with E-state index in [2.05, 4.69) is 4.98 Å². The van der Waals surface area contributed by atoms with Gasteiger partial charge in [-0.25, -0.2) is 4.98 Å². The van der Waals surface area contributed by atoms with Gasteiger partial charge in [-0.2, -0.15) is 0 Å². The first-order valence-corrected chi connectivity index (χ1v) is 9.87. The highest BCUT2D eigenvalue weighted by Gasteiger charge is 2.18. The van der Waals surface area contributed by atoms with Crippen molar-refractivity contribution in [2.75, 3.05) is 0 Å². The molecule has 0 aliphatic carbocycles. The minimum atomic E-state index is -0.242. The monoisotopic (exact) mass is 406 g/mol. The zero-order valence-electron chi connectivity index (χ0n) is 14.7. The van der Waals surface area contributed by atoms with Crippen molar-refractivity contribution in [3.63, 3.8) is 0 Å². The van der Waals surface area contributed by atoms with Crippen molar-refractivity contribution < 1.29 is 9.59 Å². The fraction of sp³-hybridized carbons (Fsp3) is 0.0455. The van der Waals surface area contributed by atoms with Crippen LogP contribution in [0.2, 0.25) is 5.02 Å². The number of aromatic nitrogens is 2. The van der Waals surface area contributed by atoms with Crippen molar-refractivity contribution in [3.8, 4) is 0 Å². The molecule has 4 aromatic rings. The minimum absolute atomic E-state index is 0.0239. The van der Waals surface area contributed by atoms with Crippen LogP contribution in [0.1, 0.15) is 25.9 Å². The van der Waals surface area contributed by atoms with Crippen molar-refractivity contribution in [1.82, 2.24) is 9.55 Å². The molecule has 0 spiro atoms. The maximum absolute atomic E-state index is 12.8. The molecule has 2 aromatic heterocycles. The summed E-state index contributed by atoms with van der Waals surface area (Å²) in [6.07, 6.45) is 3.26. The quantitative estimate of drug-likeness (QED) is 0.312. The summed E-state index contributed by atoms with van der Waals surface area (Å²) in [4.78, 5) is 31.0. The van der Waals surface area contributed by atoms with Crippen molar-refractivity contribution in [2.45, 2.75) is 6.54 Å². The average molecular weight is 407 g/mol. The van der Waals surface area contributed by atoms with Crippen LogP contribution >= 0.6 is 22.9 Å². The van der Waals surface area contributed by atoms with Crippen LogP contribution in [0.25, 0.3) is 17.1 Å². The smallest absolute Gasteiger partial charge is 0.221 e. The maximum Gasteiger partial charge on any atom is 0.221 e. The summed E-state index contributed by atoms with van der Waals surface area (Å²) in [5.74, 6) is -0.110. The number of hydrogen-bond donors (Lipinski definition) is 0. The Balaban J connectivity index is 1.69. The summed E-state index contributed by atoms with van der Waals surface area (Å²) >= 11 is 7.45. The van der Waals surface area contributed by atoms with Crippen molar-refractivity contribution >= 4 is 51.6 Å². The van der Waals surface area contributed by atoms with E-state index in [9.17, 15) is 9.59 Å². The molecule has 2 heterocycles. The highest BCUT2D eigenvalue weighted by Crippen LogP contribution is 2.19. The Morgan fingerprint density at radius 1 is 1.04 bits per heavy atom. The molecule has 0 amide bonds. The highest BCUT2D eigenvalue weighted by atomic mass is 35.5. The predicted molar refractivity (Wildman–Crippen MR) is 113 cm³/mol. The van der Waals surface area contributed by atoms with Gasteiger partial charge in [0.25, 0.3) is 0 Å². The standard InChI is InChI=1S/C22H15ClN2O2S/c23-16-9-7-15(8-10-16)21(27)14-25-19-6-2-1-5-18(19)24-22(25)20(26)12-11-17-4-3-13-28-17/h1-13H,14H2. The van der Waals surface area contributed by atoms with E-state index >= 15 is 0 Å². The van der Waals surface area contributed by atoms with E-state index in [1.54, 1.807) is 46.2 Å². The van der Waals surface area contributed by atoms with Crippen LogP contribution in [0.4, 0.5) is 0 Å². The molecule has 6 heteroatoms. The van der Waals surface area contributed by atoms with Gasteiger partial charge in [0.1, 0.15) is 0 Å². The number of carbonyl (C=O) groups excluding carboxylic acids is 2. The summed E-state index contributed by atoms with van der Waals surface area (Å²) in [7, 11) is 0. The Labute approximate surface area is 170 Å². The molecule has 0 atom stereocenters. The van der Waals surface area contributed by atoms with Gasteiger partial charge in [-0.1, -0.05) is 29.8 Å². The lowest BCUT2D eigenvalue weighted by Crippen LogP contribution is -2.15. The maximum atomic E-state index is 12.8. The Hall–Kier alpha value is -3.02. The van der Waals surface area contributed by atoms with Crippen molar-refractivity contribution in [1.29, 1.82) is 0 Å². The molecule has 28 heavy (non-hydrogen) atoms. The molecule has 4 rings (SSSR count). The first-order chi connectivity index (χ1) is 13.6. The lowest BCUT2D eigenvalue weighted by atomic mass is 10.1. The third-order valence-corrected chi connectivity index (χ3v) is 5.37. The number of rotatable bonds is 6. The topological polar surface area (TPSA) is 52.0 Å². The molecule has 0 aliphatic rings. The number of allylic oxidation sites excluding steroid dienone is 1. The molecule has 0 aliphatic heterocycles. The first-order valence-electron chi connectivity index (χ1n) is 8.62. The SMILES string of the molecule is O=C(Cn1c(C(=O)C=Cc2cccs2)nc2ccccc21)c1ccc(Cl)cc1. The molecule has 0 fully saturated rings. The fourth-order valence-electron chi connectivity index (χ4n) is 2.91. The Morgan fingerprint density at radius 3 is 2.57 bits per heavy atom. The number of ketones is 2. The molecule has 0 saturated heterocycles. The van der Waals surface area contributed by atoms with Gasteiger partial charge in [0.05, 0.1) is 17.6 Å². The van der Waals surface area contributed by atoms with Crippen LogP contribution in [0, 0.1) is 0 Å². The molecular formula is C22H15ClN2O2S. The number of hydrogen-bond acceptors (Lipinski definition) is 4. The Kier molecular flexibility index (Phi) is 5.19. The van der Waals surface area contributed by atoms with Crippen LogP contribution in [0.3, 0.4) is 0 Å². The van der Waals surface area contributed by atoms with Gasteiger partial charge in [0, 0.05) is 15.5 Å². The second-order valence-electron chi connectivity index (χ2n) is 6.15. The van der Waals surface area contributed by atoms with E-state index in [1.807, 2.05) is 41.8 Å². The number of para-hydroxylation sites is 2. The van der Waals surface area contributed by atoms with Crippen LogP contribution in [0.15, 0.2) is 72.1 Å². The van der Waals surface area contributed by atoms with Crippen LogP contribution in [-0.2, 0) is 6.54 Å². The normalized spacial score (nSPS) is 11.3. The van der Waals surface area contributed by atoms with Crippen molar-refractivity contribution in [2.24, 2.45) is 0 Å². The van der Waals surface area contributed by atoms with Gasteiger partial charge in [-0.15, -0.1) is 11.3 Å². The summed E-state index contributed by atoms with van der Waals surface area (Å²) in [6.45, 7) is 0.0239. The summed E-state index contributed by atoms with van der Waals surface area (Å²) in [6, 6.07) is 18.0. The summed E-state index contributed by atoms with van der Waals surface area (Å²) < 4.78 is 1.67. The largest absolute Gasteiger partial charge is 0.313 e. The highest BCUT2D eigenvalue weighted by molar-refractivity contribution is 7.10. The molecule has 2 aromatic carbocycles. The lowest BCUT2D eigenvalue weighted by Gasteiger charge is -2.07. The van der Waals surface area contributed by atoms with E-state index in [1.165, 1.54) is 6.08 Å². The van der Waals surface area contributed by atoms with Gasteiger partial charge in [0.2, 0.25) is 5.78 Å². The van der Waals surface area contributed by atoms with Gasteiger partial charge < -0.3 is 4.57 Å². The Morgan fingerprint density at radius 2 is 1.82 bits per heavy atom. The van der Waals surface area contributed by atoms with Crippen LogP contribution in [0.5, 0.6) is 0 Å². The van der Waals surface area contributed by atoms with E-state index in [4.69, 9.17) is 11.6 Å². The third kappa shape index (κ3) is 3.81. The minimum Gasteiger partial charge on any atom is -0.313 e. The number of carbonyl (C=O) groups is 2. The molecular weight excluding hydrogens is 392 g/mol. The molecule has 0 N–H and O–H groups in total. The van der Waals surface area contributed by atoms with Gasteiger partial charge in [-0.3, -0.25) is 9.59 Å². The number of thiophene rings is 1. The van der Waals surface area contributed by atoms with E-state index in [0.717, 1.165) is 10.4 Å². The second-order valence-corrected chi connectivity index (χ2v) is 7.57. The summed E-state index contributed by atoms with van der Waals surface area (Å²) in [5, 5.41) is 2.52. The predicted octanol–water partition coefficient (Wildman–Crippen LogP) is 5.53. The fourth-order valence-corrected chi connectivity index (χ4v) is 3.66. The molecule has 0 bridgehead atoms. The van der Waals surface area contributed by atoms with E-state index in [0.29, 0.717) is 16.1 Å². The lowest BCUT2D eigenvalue weighted by molar-refractivity contribution is 0.0969. The van der Waals surface area contributed by atoms with E-state index < -0.39 is 0 Å². The molecule has 138 valence electrons. The summed E-state index contributed by atoms with van der Waals surface area (Å²) in [5.41, 5.74) is 1.96. The number of halogens is 1. The van der Waals surface area contributed by atoms with E-state index in [-0.39, 0.29) is 23.9 Å². The van der Waals surface area contributed by atoms with Gasteiger partial charge in [-0.05, 0) is 60.0 Å². The zero-order chi connectivity index (χ0) is 19.5. The molecule has 0 unspecified atom stereocenters. The van der Waals surface area contributed by atoms with Gasteiger partial charge in [0.15, 0.2) is 11.6 Å². The second kappa shape index (κ2) is 7.92. The molecule has 0 saturated carbocycles. The zero-order valence-corrected chi connectivity index (χ0v) is 16.3. The molecule has 4 nitrogen and oxygen atoms in total. The number of nitrogens with zero attached hydrogens (tertiary/aromatic N) is 2. The number of imidazole rings is 1. The third-order valence-electron chi connectivity index (χ3n) is 4.29. The van der Waals surface area contributed by atoms with Crippen LogP contribution in [-0.4, -0.2) is 21.1 Å². The Bertz CT molecular complexity index is 1180. The average Bonchev–Trinajstić information content (AvgIpc) is 3.35. The molecule has 0 radical (unpaired) electrons. The number of Topliss-reactive ketones (excluding diaryl/α,β-unsaturated/α-hetero) is 1. The first kappa shape index (κ1) is 18.3. The van der Waals surface area contributed by atoms with Gasteiger partial charge >= 0.3 is 0 Å². The van der Waals surface area contributed by atoms with Crippen LogP contribution < -0.4 is 0 Å². The van der Waals surface area contributed by atoms with Crippen molar-refractivity contribution in [3.05, 3.63) is 93.4 Å². The number of benzene rings is 2.